The van der Waals surface area contributed by atoms with Crippen LogP contribution >= 0.6 is 0 Å². The Balaban J connectivity index is 4.45. The van der Waals surface area contributed by atoms with Gasteiger partial charge in [-0.25, -0.2) is 0 Å². The Kier molecular flexibility index (Phi) is 5.19. The van der Waals surface area contributed by atoms with Gasteiger partial charge in [-0.05, 0) is 19.8 Å². The van der Waals surface area contributed by atoms with Gasteiger partial charge >= 0.3 is 0 Å². The summed E-state index contributed by atoms with van der Waals surface area (Å²) in [5.41, 5.74) is 0.660. The molecule has 0 aliphatic heterocycles. The molecule has 3 nitrogen and oxygen atoms in total. The average molecular weight is 184 g/mol. The summed E-state index contributed by atoms with van der Waals surface area (Å²) in [4.78, 5) is 11.3. The van der Waals surface area contributed by atoms with Crippen molar-refractivity contribution in [2.24, 2.45) is 5.92 Å². The third-order valence-electron chi connectivity index (χ3n) is 1.42. The lowest BCUT2D eigenvalue weighted by atomic mass is 10.1. The van der Waals surface area contributed by atoms with Gasteiger partial charge in [0.1, 0.15) is 0 Å². The Hall–Kier alpha value is -0.990. The molecule has 0 rings (SSSR count). The number of carbonyl (C=O) groups excluding carboxylic acids is 1. The van der Waals surface area contributed by atoms with Crippen LogP contribution in [0.25, 0.3) is 0 Å². The highest BCUT2D eigenvalue weighted by molar-refractivity contribution is 5.92. The van der Waals surface area contributed by atoms with Crippen LogP contribution in [0.15, 0.2) is 11.8 Å². The van der Waals surface area contributed by atoms with E-state index in [4.69, 9.17) is 0 Å². The molecule has 0 spiro atoms. The molecule has 76 valence electrons. The van der Waals surface area contributed by atoms with Crippen molar-refractivity contribution < 1.29 is 4.79 Å². The van der Waals surface area contributed by atoms with Crippen molar-refractivity contribution in [3.63, 3.8) is 0 Å². The fourth-order valence-corrected chi connectivity index (χ4v) is 0.968. The lowest BCUT2D eigenvalue weighted by Crippen LogP contribution is -2.33. The Morgan fingerprint density at radius 3 is 2.08 bits per heavy atom. The van der Waals surface area contributed by atoms with Gasteiger partial charge in [0, 0.05) is 13.1 Å². The topological polar surface area (TPSA) is 41.1 Å². The van der Waals surface area contributed by atoms with Gasteiger partial charge in [-0.1, -0.05) is 19.9 Å². The van der Waals surface area contributed by atoms with Crippen molar-refractivity contribution in [1.29, 1.82) is 0 Å². The molecule has 2 N–H and O–H groups in total. The van der Waals surface area contributed by atoms with Crippen LogP contribution in [0, 0.1) is 5.92 Å². The molecule has 0 saturated heterocycles. The van der Waals surface area contributed by atoms with Crippen LogP contribution in [-0.2, 0) is 4.79 Å². The van der Waals surface area contributed by atoms with E-state index in [1.807, 2.05) is 33.8 Å². The molecular weight excluding hydrogens is 164 g/mol. The fourth-order valence-electron chi connectivity index (χ4n) is 0.968. The first-order valence-electron chi connectivity index (χ1n) is 4.67. The minimum atomic E-state index is -0.0533. The second-order valence-corrected chi connectivity index (χ2v) is 3.70. The molecule has 13 heavy (non-hydrogen) atoms. The van der Waals surface area contributed by atoms with Crippen LogP contribution in [0.4, 0.5) is 0 Å². The predicted octanol–water partition coefficient (Wildman–Crippen LogP) is 1.27. The largest absolute Gasteiger partial charge is 0.379 e. The van der Waals surface area contributed by atoms with E-state index in [-0.39, 0.29) is 11.9 Å². The Labute approximate surface area is 80.6 Å². The van der Waals surface area contributed by atoms with Crippen LogP contribution in [0.5, 0.6) is 0 Å². The van der Waals surface area contributed by atoms with Crippen molar-refractivity contribution in [2.45, 2.75) is 33.7 Å². The number of rotatable bonds is 4. The Morgan fingerprint density at radius 1 is 1.23 bits per heavy atom. The van der Waals surface area contributed by atoms with Gasteiger partial charge in [-0.15, -0.1) is 0 Å². The third-order valence-corrected chi connectivity index (χ3v) is 1.42. The van der Waals surface area contributed by atoms with E-state index in [0.717, 1.165) is 0 Å². The molecule has 0 fully saturated rings. The first kappa shape index (κ1) is 12.0. The molecule has 3 heteroatoms. The monoisotopic (exact) mass is 184 g/mol. The summed E-state index contributed by atoms with van der Waals surface area (Å²) < 4.78 is 0. The molecule has 0 atom stereocenters. The number of nitrogens with one attached hydrogen (secondary N) is 2. The number of amides is 1. The van der Waals surface area contributed by atoms with Crippen LogP contribution in [0.2, 0.25) is 0 Å². The zero-order chi connectivity index (χ0) is 10.4. The highest BCUT2D eigenvalue weighted by Crippen LogP contribution is 2.00. The summed E-state index contributed by atoms with van der Waals surface area (Å²) in [6.07, 6.45) is 1.93. The van der Waals surface area contributed by atoms with E-state index in [0.29, 0.717) is 11.6 Å². The summed E-state index contributed by atoms with van der Waals surface area (Å²) in [6.45, 7) is 8.12. The second kappa shape index (κ2) is 5.62. The Morgan fingerprint density at radius 2 is 1.77 bits per heavy atom. The maximum Gasteiger partial charge on any atom is 0.266 e. The van der Waals surface area contributed by atoms with Gasteiger partial charge in [0.2, 0.25) is 0 Å². The summed E-state index contributed by atoms with van der Waals surface area (Å²) in [7, 11) is 1.64. The quantitative estimate of drug-likeness (QED) is 0.646. The summed E-state index contributed by atoms with van der Waals surface area (Å²) in [5.74, 6) is 0.320. The van der Waals surface area contributed by atoms with Crippen molar-refractivity contribution >= 4 is 5.91 Å². The van der Waals surface area contributed by atoms with Gasteiger partial charge in [0.05, 0.1) is 5.70 Å². The molecule has 0 saturated carbocycles. The van der Waals surface area contributed by atoms with Crippen LogP contribution in [0.1, 0.15) is 27.7 Å². The van der Waals surface area contributed by atoms with Crippen molar-refractivity contribution in [3.8, 4) is 0 Å². The van der Waals surface area contributed by atoms with E-state index in [1.165, 1.54) is 0 Å². The predicted molar refractivity (Wildman–Crippen MR) is 55.3 cm³/mol. The van der Waals surface area contributed by atoms with Crippen LogP contribution < -0.4 is 10.6 Å². The van der Waals surface area contributed by atoms with E-state index in [2.05, 4.69) is 10.6 Å². The molecule has 1 amide bonds. The third kappa shape index (κ3) is 5.28. The standard InChI is InChI=1S/C10H20N2O/c1-7(2)6-9(10(13)11-5)12-8(3)4/h6-8,12H,1-5H3,(H,11,13)/b9-6-. The second-order valence-electron chi connectivity index (χ2n) is 3.70. The minimum absolute atomic E-state index is 0.0533. The van der Waals surface area contributed by atoms with Gasteiger partial charge in [0.25, 0.3) is 5.91 Å². The van der Waals surface area contributed by atoms with Gasteiger partial charge in [0.15, 0.2) is 0 Å². The SMILES string of the molecule is CNC(=O)/C(=C/C(C)C)NC(C)C. The first-order valence-corrected chi connectivity index (χ1v) is 4.67. The number of hydrogen-bond acceptors (Lipinski definition) is 2. The van der Waals surface area contributed by atoms with E-state index >= 15 is 0 Å². The highest BCUT2D eigenvalue weighted by Gasteiger charge is 2.08. The molecular formula is C10H20N2O. The number of carbonyl (C=O) groups is 1. The van der Waals surface area contributed by atoms with Crippen LogP contribution in [-0.4, -0.2) is 19.0 Å². The number of likely N-dealkylation sites (N-methyl/N-ethyl adjacent to an activating group) is 1. The summed E-state index contributed by atoms with van der Waals surface area (Å²) in [5, 5.41) is 5.72. The average Bonchev–Trinajstić information content (AvgIpc) is 2.00. The van der Waals surface area contributed by atoms with E-state index in [9.17, 15) is 4.79 Å². The number of allylic oxidation sites excluding steroid dienone is 1. The summed E-state index contributed by atoms with van der Waals surface area (Å²) >= 11 is 0. The molecule has 0 bridgehead atoms. The Bertz CT molecular complexity index is 195. The lowest BCUT2D eigenvalue weighted by molar-refractivity contribution is -0.117. The van der Waals surface area contributed by atoms with Crippen LogP contribution in [0.3, 0.4) is 0 Å². The minimum Gasteiger partial charge on any atom is -0.379 e. The highest BCUT2D eigenvalue weighted by atomic mass is 16.1. The van der Waals surface area contributed by atoms with Gasteiger partial charge in [-0.3, -0.25) is 4.79 Å². The van der Waals surface area contributed by atoms with Crippen molar-refractivity contribution in [2.75, 3.05) is 7.05 Å². The zero-order valence-corrected chi connectivity index (χ0v) is 9.14. The molecule has 0 aromatic heterocycles. The maximum absolute atomic E-state index is 11.3. The van der Waals surface area contributed by atoms with Crippen molar-refractivity contribution in [1.82, 2.24) is 10.6 Å². The lowest BCUT2D eigenvalue weighted by Gasteiger charge is -2.13. The van der Waals surface area contributed by atoms with Gasteiger partial charge < -0.3 is 10.6 Å². The normalized spacial score (nSPS) is 12.1. The molecule has 0 aromatic carbocycles. The zero-order valence-electron chi connectivity index (χ0n) is 9.14. The molecule has 0 aliphatic rings. The maximum atomic E-state index is 11.3. The number of hydrogen-bond donors (Lipinski definition) is 2. The van der Waals surface area contributed by atoms with Crippen molar-refractivity contribution in [3.05, 3.63) is 11.8 Å². The molecule has 0 unspecified atom stereocenters. The molecule has 0 radical (unpaired) electrons. The fraction of sp³-hybridized carbons (Fsp3) is 0.700. The smallest absolute Gasteiger partial charge is 0.266 e. The summed E-state index contributed by atoms with van der Waals surface area (Å²) in [6, 6.07) is 0.280. The first-order chi connectivity index (χ1) is 5.97. The molecule has 0 aliphatic carbocycles. The van der Waals surface area contributed by atoms with E-state index < -0.39 is 0 Å². The van der Waals surface area contributed by atoms with E-state index in [1.54, 1.807) is 7.05 Å². The van der Waals surface area contributed by atoms with Gasteiger partial charge in [-0.2, -0.15) is 0 Å². The molecule has 0 aromatic rings. The molecule has 0 heterocycles.